The Kier molecular flexibility index (Phi) is 4.42. The monoisotopic (exact) mass is 300 g/mol. The SMILES string of the molecule is NC1C=C(C(=O)Nc2cc(Cl)nc(Cl)c2)CCC1N. The lowest BCUT2D eigenvalue weighted by atomic mass is 9.92. The highest BCUT2D eigenvalue weighted by atomic mass is 35.5. The molecule has 1 amide bonds. The van der Waals surface area contributed by atoms with E-state index in [1.807, 2.05) is 0 Å². The van der Waals surface area contributed by atoms with Gasteiger partial charge in [0.05, 0.1) is 0 Å². The van der Waals surface area contributed by atoms with Crippen molar-refractivity contribution in [1.82, 2.24) is 4.98 Å². The van der Waals surface area contributed by atoms with Crippen LogP contribution in [-0.2, 0) is 4.79 Å². The van der Waals surface area contributed by atoms with Gasteiger partial charge in [0.15, 0.2) is 0 Å². The Morgan fingerprint density at radius 1 is 1.32 bits per heavy atom. The van der Waals surface area contributed by atoms with Crippen LogP contribution in [0, 0.1) is 0 Å². The number of hydrogen-bond acceptors (Lipinski definition) is 4. The van der Waals surface area contributed by atoms with Gasteiger partial charge in [0.1, 0.15) is 10.3 Å². The summed E-state index contributed by atoms with van der Waals surface area (Å²) in [5, 5.41) is 3.16. The van der Waals surface area contributed by atoms with Crippen molar-refractivity contribution in [2.45, 2.75) is 24.9 Å². The first kappa shape index (κ1) is 14.3. The minimum absolute atomic E-state index is 0.0960. The quantitative estimate of drug-likeness (QED) is 0.725. The first-order chi connectivity index (χ1) is 8.95. The standard InChI is InChI=1S/C12H14Cl2N4O/c13-10-4-7(5-11(14)18-10)17-12(19)6-1-2-8(15)9(16)3-6/h3-5,8-9H,1-2,15-16H2,(H,17,18,19). The predicted octanol–water partition coefficient (Wildman–Crippen LogP) is 1.70. The highest BCUT2D eigenvalue weighted by molar-refractivity contribution is 6.33. The number of amides is 1. The minimum atomic E-state index is -0.292. The summed E-state index contributed by atoms with van der Waals surface area (Å²) in [4.78, 5) is 15.9. The predicted molar refractivity (Wildman–Crippen MR) is 76.2 cm³/mol. The zero-order chi connectivity index (χ0) is 14.0. The van der Waals surface area contributed by atoms with Crippen LogP contribution in [0.15, 0.2) is 23.8 Å². The molecule has 5 nitrogen and oxygen atoms in total. The number of rotatable bonds is 2. The zero-order valence-corrected chi connectivity index (χ0v) is 11.6. The van der Waals surface area contributed by atoms with Crippen LogP contribution in [-0.4, -0.2) is 23.0 Å². The van der Waals surface area contributed by atoms with Crippen LogP contribution in [0.3, 0.4) is 0 Å². The molecule has 0 radical (unpaired) electrons. The van der Waals surface area contributed by atoms with Crippen LogP contribution in [0.4, 0.5) is 5.69 Å². The van der Waals surface area contributed by atoms with E-state index in [1.165, 1.54) is 12.1 Å². The summed E-state index contributed by atoms with van der Waals surface area (Å²) in [5.74, 6) is -0.222. The number of halogens is 2. The minimum Gasteiger partial charge on any atom is -0.326 e. The van der Waals surface area contributed by atoms with E-state index in [0.29, 0.717) is 24.1 Å². The number of carbonyl (C=O) groups is 1. The lowest BCUT2D eigenvalue weighted by Crippen LogP contribution is -2.43. The second-order valence-corrected chi connectivity index (χ2v) is 5.20. The van der Waals surface area contributed by atoms with E-state index in [0.717, 1.165) is 0 Å². The molecule has 2 rings (SSSR count). The third kappa shape index (κ3) is 3.67. The maximum absolute atomic E-state index is 12.1. The molecule has 2 atom stereocenters. The summed E-state index contributed by atoms with van der Waals surface area (Å²) in [7, 11) is 0. The number of nitrogens with one attached hydrogen (secondary N) is 1. The van der Waals surface area contributed by atoms with Gasteiger partial charge in [-0.25, -0.2) is 4.98 Å². The number of nitrogens with zero attached hydrogens (tertiary/aromatic N) is 1. The third-order valence-electron chi connectivity index (χ3n) is 2.95. The van der Waals surface area contributed by atoms with Crippen molar-refractivity contribution in [3.05, 3.63) is 34.1 Å². The van der Waals surface area contributed by atoms with E-state index in [2.05, 4.69) is 10.3 Å². The molecule has 5 N–H and O–H groups in total. The van der Waals surface area contributed by atoms with E-state index < -0.39 is 0 Å². The molecule has 1 aromatic heterocycles. The molecule has 0 saturated carbocycles. The van der Waals surface area contributed by atoms with Crippen LogP contribution in [0.2, 0.25) is 10.3 Å². The van der Waals surface area contributed by atoms with Crippen molar-refractivity contribution >= 4 is 34.8 Å². The maximum Gasteiger partial charge on any atom is 0.251 e. The Morgan fingerprint density at radius 3 is 2.53 bits per heavy atom. The Labute approximate surface area is 121 Å². The van der Waals surface area contributed by atoms with E-state index in [4.69, 9.17) is 34.7 Å². The zero-order valence-electron chi connectivity index (χ0n) is 10.1. The van der Waals surface area contributed by atoms with Gasteiger partial charge in [-0.2, -0.15) is 0 Å². The van der Waals surface area contributed by atoms with Crippen LogP contribution in [0.5, 0.6) is 0 Å². The highest BCUT2D eigenvalue weighted by Crippen LogP contribution is 2.21. The van der Waals surface area contributed by atoms with Gasteiger partial charge >= 0.3 is 0 Å². The Bertz CT molecular complexity index is 512. The summed E-state index contributed by atoms with van der Waals surface area (Å²) in [6.07, 6.45) is 3.00. The Balaban J connectivity index is 2.11. The van der Waals surface area contributed by atoms with Crippen LogP contribution < -0.4 is 16.8 Å². The first-order valence-corrected chi connectivity index (χ1v) is 6.57. The van der Waals surface area contributed by atoms with Gasteiger partial charge in [-0.3, -0.25) is 4.79 Å². The number of hydrogen-bond donors (Lipinski definition) is 3. The van der Waals surface area contributed by atoms with E-state index in [1.54, 1.807) is 6.08 Å². The van der Waals surface area contributed by atoms with Crippen molar-refractivity contribution in [3.63, 3.8) is 0 Å². The molecule has 1 heterocycles. The number of aromatic nitrogens is 1. The van der Waals surface area contributed by atoms with Crippen LogP contribution in [0.1, 0.15) is 12.8 Å². The highest BCUT2D eigenvalue weighted by Gasteiger charge is 2.22. The van der Waals surface area contributed by atoms with E-state index >= 15 is 0 Å². The molecule has 102 valence electrons. The summed E-state index contributed by atoms with van der Waals surface area (Å²) in [5.41, 5.74) is 12.7. The van der Waals surface area contributed by atoms with Gasteiger partial charge in [-0.1, -0.05) is 29.3 Å². The first-order valence-electron chi connectivity index (χ1n) is 5.82. The molecule has 0 aliphatic heterocycles. The number of nitrogens with two attached hydrogens (primary N) is 2. The molecule has 7 heteroatoms. The van der Waals surface area contributed by atoms with Gasteiger partial charge in [-0.15, -0.1) is 0 Å². The average Bonchev–Trinajstić information content (AvgIpc) is 2.31. The van der Waals surface area contributed by atoms with Crippen molar-refractivity contribution in [1.29, 1.82) is 0 Å². The van der Waals surface area contributed by atoms with Crippen molar-refractivity contribution in [3.8, 4) is 0 Å². The molecule has 2 unspecified atom stereocenters. The van der Waals surface area contributed by atoms with Crippen LogP contribution >= 0.6 is 23.2 Å². The molecule has 0 spiro atoms. The smallest absolute Gasteiger partial charge is 0.251 e. The second-order valence-electron chi connectivity index (χ2n) is 4.43. The molecular formula is C12H14Cl2N4O. The topological polar surface area (TPSA) is 94.0 Å². The van der Waals surface area contributed by atoms with Crippen LogP contribution in [0.25, 0.3) is 0 Å². The molecule has 0 saturated heterocycles. The van der Waals surface area contributed by atoms with Gasteiger partial charge in [0, 0.05) is 23.3 Å². The van der Waals surface area contributed by atoms with Gasteiger partial charge in [0.25, 0.3) is 5.91 Å². The third-order valence-corrected chi connectivity index (χ3v) is 3.33. The van der Waals surface area contributed by atoms with Gasteiger partial charge < -0.3 is 16.8 Å². The maximum atomic E-state index is 12.1. The summed E-state index contributed by atoms with van der Waals surface area (Å²) in [6.45, 7) is 0. The number of pyridine rings is 1. The molecule has 0 fully saturated rings. The summed E-state index contributed by atoms with van der Waals surface area (Å²) < 4.78 is 0. The molecule has 0 bridgehead atoms. The largest absolute Gasteiger partial charge is 0.326 e. The molecule has 1 aliphatic rings. The van der Waals surface area contributed by atoms with E-state index in [-0.39, 0.29) is 28.3 Å². The summed E-state index contributed by atoms with van der Waals surface area (Å²) >= 11 is 11.5. The normalized spacial score (nSPS) is 22.8. The molecule has 0 aromatic carbocycles. The van der Waals surface area contributed by atoms with E-state index in [9.17, 15) is 4.79 Å². The second kappa shape index (κ2) is 5.88. The fourth-order valence-electron chi connectivity index (χ4n) is 1.89. The van der Waals surface area contributed by atoms with Crippen molar-refractivity contribution < 1.29 is 4.79 Å². The summed E-state index contributed by atoms with van der Waals surface area (Å²) in [6, 6.07) is 2.67. The van der Waals surface area contributed by atoms with Gasteiger partial charge in [0.2, 0.25) is 0 Å². The molecule has 1 aliphatic carbocycles. The molecule has 19 heavy (non-hydrogen) atoms. The molecule has 1 aromatic rings. The van der Waals surface area contributed by atoms with Crippen molar-refractivity contribution in [2.24, 2.45) is 11.5 Å². The number of anilines is 1. The van der Waals surface area contributed by atoms with Crippen molar-refractivity contribution in [2.75, 3.05) is 5.32 Å². The lowest BCUT2D eigenvalue weighted by molar-refractivity contribution is -0.113. The van der Waals surface area contributed by atoms with Gasteiger partial charge in [-0.05, 0) is 25.0 Å². The Morgan fingerprint density at radius 2 is 1.95 bits per heavy atom. The average molecular weight is 301 g/mol. The fraction of sp³-hybridized carbons (Fsp3) is 0.333. The number of carbonyl (C=O) groups excluding carboxylic acids is 1. The molecular weight excluding hydrogens is 287 g/mol. The fourth-order valence-corrected chi connectivity index (χ4v) is 2.35. The Hall–Kier alpha value is -1.14. The lowest BCUT2D eigenvalue weighted by Gasteiger charge is -2.23.